The lowest BCUT2D eigenvalue weighted by atomic mass is 10.1. The summed E-state index contributed by atoms with van der Waals surface area (Å²) in [6, 6.07) is 18.0. The van der Waals surface area contributed by atoms with Gasteiger partial charge in [0.1, 0.15) is 10.9 Å². The smallest absolute Gasteiger partial charge is 0.265 e. The summed E-state index contributed by atoms with van der Waals surface area (Å²) in [5.41, 5.74) is 4.87. The van der Waals surface area contributed by atoms with Gasteiger partial charge in [-0.15, -0.1) is 0 Å². The van der Waals surface area contributed by atoms with Gasteiger partial charge >= 0.3 is 0 Å². The molecule has 0 N–H and O–H groups in total. The molecule has 0 aliphatic heterocycles. The molecule has 0 saturated carbocycles. The highest BCUT2D eigenvalue weighted by Gasteiger charge is 2.19. The van der Waals surface area contributed by atoms with Crippen molar-refractivity contribution in [3.8, 4) is 0 Å². The Morgan fingerprint density at radius 3 is 2.34 bits per heavy atom. The normalized spacial score (nSPS) is 11.7. The maximum absolute atomic E-state index is 13.5. The number of para-hydroxylation sites is 2. The van der Waals surface area contributed by atoms with Crippen LogP contribution in [0.15, 0.2) is 65.7 Å². The Morgan fingerprint density at radius 1 is 0.812 bits per heavy atom. The van der Waals surface area contributed by atoms with E-state index in [9.17, 15) is 4.79 Å². The van der Waals surface area contributed by atoms with Gasteiger partial charge in [-0.1, -0.05) is 68.7 Å². The molecule has 2 aromatic carbocycles. The lowest BCUT2D eigenvalue weighted by Gasteiger charge is -2.08. The first-order chi connectivity index (χ1) is 15.8. The fourth-order valence-electron chi connectivity index (χ4n) is 4.30. The second-order valence-corrected chi connectivity index (χ2v) is 8.27. The van der Waals surface area contributed by atoms with Crippen molar-refractivity contribution in [1.82, 2.24) is 24.1 Å². The van der Waals surface area contributed by atoms with Crippen LogP contribution in [0.25, 0.3) is 33.2 Å². The monoisotopic (exact) mass is 425 g/mol. The van der Waals surface area contributed by atoms with Gasteiger partial charge in [-0.25, -0.2) is 15.0 Å². The Kier molecular flexibility index (Phi) is 5.67. The largest absolute Gasteiger partial charge is 0.308 e. The molecule has 6 heteroatoms. The van der Waals surface area contributed by atoms with Crippen LogP contribution in [0.3, 0.4) is 0 Å². The molecular weight excluding hydrogens is 398 g/mol. The van der Waals surface area contributed by atoms with Crippen molar-refractivity contribution in [1.29, 1.82) is 0 Å². The second kappa shape index (κ2) is 8.91. The standard InChI is InChI=1S/C26H27N5O/c1-2-3-4-10-16-31-24-22(23-25(31)29-21-14-9-8-13-20(21)28-23)26(32)30(18-27-24)17-15-19-11-6-5-7-12-19/h5-9,11-14,18H,2-4,10,15-17H2,1H3. The van der Waals surface area contributed by atoms with Crippen molar-refractivity contribution in [2.45, 2.75) is 52.1 Å². The topological polar surface area (TPSA) is 65.6 Å². The Hall–Kier alpha value is -3.54. The number of benzene rings is 2. The first-order valence-electron chi connectivity index (χ1n) is 11.4. The summed E-state index contributed by atoms with van der Waals surface area (Å²) >= 11 is 0. The maximum atomic E-state index is 13.5. The van der Waals surface area contributed by atoms with Gasteiger partial charge in [0, 0.05) is 13.1 Å². The number of hydrogen-bond donors (Lipinski definition) is 0. The molecular formula is C26H27N5O. The highest BCUT2D eigenvalue weighted by atomic mass is 16.1. The van der Waals surface area contributed by atoms with Crippen molar-refractivity contribution in [3.05, 3.63) is 76.8 Å². The van der Waals surface area contributed by atoms with E-state index in [2.05, 4.69) is 23.6 Å². The molecule has 0 aliphatic carbocycles. The van der Waals surface area contributed by atoms with E-state index in [0.717, 1.165) is 42.5 Å². The van der Waals surface area contributed by atoms with Crippen LogP contribution >= 0.6 is 0 Å². The molecule has 162 valence electrons. The van der Waals surface area contributed by atoms with Crippen LogP contribution in [0.5, 0.6) is 0 Å². The van der Waals surface area contributed by atoms with Gasteiger partial charge in [-0.2, -0.15) is 0 Å². The zero-order valence-electron chi connectivity index (χ0n) is 18.4. The molecule has 0 radical (unpaired) electrons. The van der Waals surface area contributed by atoms with E-state index < -0.39 is 0 Å². The summed E-state index contributed by atoms with van der Waals surface area (Å²) in [7, 11) is 0. The molecule has 5 aromatic rings. The summed E-state index contributed by atoms with van der Waals surface area (Å²) in [6.07, 6.45) is 7.01. The molecule has 0 saturated heterocycles. The molecule has 3 aromatic heterocycles. The quantitative estimate of drug-likeness (QED) is 0.324. The van der Waals surface area contributed by atoms with Crippen LogP contribution in [0, 0.1) is 0 Å². The minimum Gasteiger partial charge on any atom is -0.308 e. The molecule has 0 unspecified atom stereocenters. The van der Waals surface area contributed by atoms with E-state index in [1.807, 2.05) is 42.5 Å². The summed E-state index contributed by atoms with van der Waals surface area (Å²) in [5.74, 6) is 0. The molecule has 0 aliphatic rings. The zero-order valence-corrected chi connectivity index (χ0v) is 18.4. The third-order valence-corrected chi connectivity index (χ3v) is 6.04. The number of aryl methyl sites for hydroxylation is 3. The third-order valence-electron chi connectivity index (χ3n) is 6.04. The maximum Gasteiger partial charge on any atom is 0.265 e. The molecule has 3 heterocycles. The Bertz CT molecular complexity index is 1440. The van der Waals surface area contributed by atoms with Crippen LogP contribution in [-0.2, 0) is 19.5 Å². The van der Waals surface area contributed by atoms with Crippen molar-refractivity contribution >= 4 is 33.2 Å². The van der Waals surface area contributed by atoms with E-state index in [4.69, 9.17) is 15.0 Å². The highest BCUT2D eigenvalue weighted by Crippen LogP contribution is 2.25. The van der Waals surface area contributed by atoms with Crippen molar-refractivity contribution < 1.29 is 0 Å². The van der Waals surface area contributed by atoms with E-state index in [1.165, 1.54) is 18.4 Å². The molecule has 0 amide bonds. The Balaban J connectivity index is 1.63. The van der Waals surface area contributed by atoms with Crippen LogP contribution in [0.1, 0.15) is 38.2 Å². The van der Waals surface area contributed by atoms with Gasteiger partial charge in [0.25, 0.3) is 5.56 Å². The number of hydrogen-bond acceptors (Lipinski definition) is 4. The average molecular weight is 426 g/mol. The predicted molar refractivity (Wildman–Crippen MR) is 129 cm³/mol. The van der Waals surface area contributed by atoms with E-state index in [-0.39, 0.29) is 5.56 Å². The Morgan fingerprint density at radius 2 is 1.56 bits per heavy atom. The lowest BCUT2D eigenvalue weighted by Crippen LogP contribution is -2.21. The molecule has 0 bridgehead atoms. The third kappa shape index (κ3) is 3.77. The van der Waals surface area contributed by atoms with E-state index in [1.54, 1.807) is 10.9 Å². The van der Waals surface area contributed by atoms with Gasteiger partial charge in [0.2, 0.25) is 0 Å². The SMILES string of the molecule is CCCCCCn1c2nc3ccccc3nc2c2c(=O)n(CCc3ccccc3)cnc21. The molecule has 32 heavy (non-hydrogen) atoms. The average Bonchev–Trinajstić information content (AvgIpc) is 3.13. The van der Waals surface area contributed by atoms with E-state index >= 15 is 0 Å². The summed E-state index contributed by atoms with van der Waals surface area (Å²) < 4.78 is 3.79. The number of aromatic nitrogens is 5. The molecule has 0 atom stereocenters. The van der Waals surface area contributed by atoms with Gasteiger partial charge in [-0.3, -0.25) is 9.36 Å². The zero-order chi connectivity index (χ0) is 21.9. The Labute approximate surface area is 186 Å². The number of fused-ring (bicyclic) bond motifs is 4. The molecule has 0 fully saturated rings. The minimum atomic E-state index is -0.0483. The first-order valence-corrected chi connectivity index (χ1v) is 11.4. The molecule has 5 rings (SSSR count). The van der Waals surface area contributed by atoms with Gasteiger partial charge < -0.3 is 4.57 Å². The number of rotatable bonds is 8. The molecule has 6 nitrogen and oxygen atoms in total. The minimum absolute atomic E-state index is 0.0483. The first kappa shape index (κ1) is 20.4. The van der Waals surface area contributed by atoms with Crippen LogP contribution in [0.4, 0.5) is 0 Å². The predicted octanol–water partition coefficient (Wildman–Crippen LogP) is 5.12. The fraction of sp³-hybridized carbons (Fsp3) is 0.308. The summed E-state index contributed by atoms with van der Waals surface area (Å²) in [6.45, 7) is 3.57. The van der Waals surface area contributed by atoms with Crippen LogP contribution in [0.2, 0.25) is 0 Å². The van der Waals surface area contributed by atoms with Gasteiger partial charge in [-0.05, 0) is 30.5 Å². The lowest BCUT2D eigenvalue weighted by molar-refractivity contribution is 0.596. The second-order valence-electron chi connectivity index (χ2n) is 8.27. The summed E-state index contributed by atoms with van der Waals surface area (Å²) in [5, 5.41) is 0.573. The fourth-order valence-corrected chi connectivity index (χ4v) is 4.30. The van der Waals surface area contributed by atoms with Gasteiger partial charge in [0.15, 0.2) is 11.3 Å². The van der Waals surface area contributed by atoms with E-state index in [0.29, 0.717) is 23.1 Å². The van der Waals surface area contributed by atoms with Gasteiger partial charge in [0.05, 0.1) is 17.4 Å². The highest BCUT2D eigenvalue weighted by molar-refractivity contribution is 6.04. The van der Waals surface area contributed by atoms with Crippen molar-refractivity contribution in [2.24, 2.45) is 0 Å². The van der Waals surface area contributed by atoms with Crippen LogP contribution < -0.4 is 5.56 Å². The summed E-state index contributed by atoms with van der Waals surface area (Å²) in [4.78, 5) is 28.0. The van der Waals surface area contributed by atoms with Crippen LogP contribution in [-0.4, -0.2) is 24.1 Å². The number of nitrogens with zero attached hydrogens (tertiary/aromatic N) is 5. The van der Waals surface area contributed by atoms with Crippen molar-refractivity contribution in [2.75, 3.05) is 0 Å². The molecule has 0 spiro atoms. The number of unbranched alkanes of at least 4 members (excludes halogenated alkanes) is 3. The van der Waals surface area contributed by atoms with Crippen molar-refractivity contribution in [3.63, 3.8) is 0 Å².